The fraction of sp³-hybridized carbons (Fsp3) is 0.520. The molecule has 0 spiro atoms. The molecule has 160 valence electrons. The summed E-state index contributed by atoms with van der Waals surface area (Å²) in [4.78, 5) is 22.2. The van der Waals surface area contributed by atoms with E-state index in [4.69, 9.17) is 16.6 Å². The first-order valence-corrected chi connectivity index (χ1v) is 11.4. The van der Waals surface area contributed by atoms with Crippen molar-refractivity contribution >= 4 is 17.5 Å². The summed E-state index contributed by atoms with van der Waals surface area (Å²) in [6.07, 6.45) is 5.74. The zero-order valence-corrected chi connectivity index (χ0v) is 19.2. The molecule has 2 heterocycles. The van der Waals surface area contributed by atoms with E-state index in [1.165, 1.54) is 16.7 Å². The topological polar surface area (TPSA) is 36.4 Å². The van der Waals surface area contributed by atoms with Crippen LogP contribution in [0.5, 0.6) is 0 Å². The van der Waals surface area contributed by atoms with Crippen molar-refractivity contribution in [3.05, 3.63) is 63.9 Å². The molecular formula is C25H32ClN3O. The van der Waals surface area contributed by atoms with E-state index in [0.717, 1.165) is 42.9 Å². The second-order valence-corrected chi connectivity index (χ2v) is 9.57. The van der Waals surface area contributed by atoms with Crippen molar-refractivity contribution in [2.24, 2.45) is 5.92 Å². The highest BCUT2D eigenvalue weighted by Crippen LogP contribution is 2.45. The molecular weight excluding hydrogens is 394 g/mol. The second kappa shape index (κ2) is 8.68. The number of likely N-dealkylation sites (tertiary alicyclic amines) is 1. The highest BCUT2D eigenvalue weighted by Gasteiger charge is 2.40. The summed E-state index contributed by atoms with van der Waals surface area (Å²) in [5, 5.41) is 0.831. The van der Waals surface area contributed by atoms with Gasteiger partial charge >= 0.3 is 0 Å². The van der Waals surface area contributed by atoms with Crippen molar-refractivity contribution in [2.45, 2.75) is 57.5 Å². The molecule has 1 aliphatic heterocycles. The average molecular weight is 426 g/mol. The Hall–Kier alpha value is -1.91. The van der Waals surface area contributed by atoms with Gasteiger partial charge in [-0.3, -0.25) is 14.7 Å². The van der Waals surface area contributed by atoms with E-state index >= 15 is 0 Å². The summed E-state index contributed by atoms with van der Waals surface area (Å²) < 4.78 is 0. The summed E-state index contributed by atoms with van der Waals surface area (Å²) in [6, 6.07) is 10.6. The lowest BCUT2D eigenvalue weighted by molar-refractivity contribution is -0.138. The molecule has 3 atom stereocenters. The van der Waals surface area contributed by atoms with E-state index in [-0.39, 0.29) is 23.9 Å². The summed E-state index contributed by atoms with van der Waals surface area (Å²) >= 11 is 6.80. The zero-order chi connectivity index (χ0) is 21.4. The molecule has 2 aliphatic rings. The van der Waals surface area contributed by atoms with Crippen molar-refractivity contribution in [1.29, 1.82) is 0 Å². The Morgan fingerprint density at radius 1 is 1.20 bits per heavy atom. The molecule has 2 aromatic rings. The number of halogens is 1. The number of benzene rings is 1. The molecule has 1 aromatic carbocycles. The van der Waals surface area contributed by atoms with Crippen LogP contribution in [-0.2, 0) is 17.6 Å². The van der Waals surface area contributed by atoms with Crippen molar-refractivity contribution in [3.8, 4) is 0 Å². The molecule has 0 radical (unpaired) electrons. The number of amides is 1. The molecule has 1 saturated heterocycles. The zero-order valence-electron chi connectivity index (χ0n) is 18.4. The number of piperidine rings is 1. The van der Waals surface area contributed by atoms with Gasteiger partial charge in [-0.25, -0.2) is 0 Å². The first-order chi connectivity index (χ1) is 14.4. The van der Waals surface area contributed by atoms with E-state index in [0.29, 0.717) is 5.92 Å². The summed E-state index contributed by atoms with van der Waals surface area (Å²) in [6.45, 7) is 5.05. The standard InChI is InChI=1S/C25H32ClN3O/c1-16(2)29(4)25(30)21-15-19(12-14-28(21)3)23-22-17(7-5-9-20(22)26)10-11-18-8-6-13-27-24(18)23/h5-9,13,16,19,21,23H,10-12,14-15H2,1-4H3/t19?,21-,23-/m1/s1. The highest BCUT2D eigenvalue weighted by atomic mass is 35.5. The highest BCUT2D eigenvalue weighted by molar-refractivity contribution is 6.31. The van der Waals surface area contributed by atoms with E-state index in [1.54, 1.807) is 0 Å². The van der Waals surface area contributed by atoms with Crippen LogP contribution in [0.3, 0.4) is 0 Å². The Morgan fingerprint density at radius 3 is 2.70 bits per heavy atom. The number of fused-ring (bicyclic) bond motifs is 2. The Kier molecular flexibility index (Phi) is 6.17. The molecule has 1 amide bonds. The molecule has 1 unspecified atom stereocenters. The lowest BCUT2D eigenvalue weighted by atomic mass is 9.74. The van der Waals surface area contributed by atoms with Crippen molar-refractivity contribution in [1.82, 2.24) is 14.8 Å². The van der Waals surface area contributed by atoms with Gasteiger partial charge < -0.3 is 4.90 Å². The minimum atomic E-state index is -0.0995. The van der Waals surface area contributed by atoms with Gasteiger partial charge in [0.25, 0.3) is 0 Å². The monoisotopic (exact) mass is 425 g/mol. The fourth-order valence-electron chi connectivity index (χ4n) is 5.15. The molecule has 4 rings (SSSR count). The Labute approximate surface area is 185 Å². The smallest absolute Gasteiger partial charge is 0.239 e. The van der Waals surface area contributed by atoms with Gasteiger partial charge in [-0.15, -0.1) is 0 Å². The number of hydrogen-bond donors (Lipinski definition) is 0. The fourth-order valence-corrected chi connectivity index (χ4v) is 5.46. The maximum Gasteiger partial charge on any atom is 0.239 e. The number of pyridine rings is 1. The van der Waals surface area contributed by atoms with Gasteiger partial charge in [-0.1, -0.05) is 29.8 Å². The van der Waals surface area contributed by atoms with Gasteiger partial charge in [0, 0.05) is 30.2 Å². The van der Waals surface area contributed by atoms with Crippen LogP contribution >= 0.6 is 11.6 Å². The molecule has 0 bridgehead atoms. The van der Waals surface area contributed by atoms with Crippen LogP contribution in [0.25, 0.3) is 0 Å². The third-order valence-electron chi connectivity index (χ3n) is 7.13. The number of rotatable bonds is 3. The van der Waals surface area contributed by atoms with Gasteiger partial charge in [-0.05, 0) is 87.9 Å². The third kappa shape index (κ3) is 3.88. The second-order valence-electron chi connectivity index (χ2n) is 9.16. The predicted molar refractivity (Wildman–Crippen MR) is 122 cm³/mol. The Bertz CT molecular complexity index is 928. The summed E-state index contributed by atoms with van der Waals surface area (Å²) in [7, 11) is 3.99. The lowest BCUT2D eigenvalue weighted by Gasteiger charge is -2.41. The number of aromatic nitrogens is 1. The van der Waals surface area contributed by atoms with Gasteiger partial charge in [0.15, 0.2) is 0 Å². The van der Waals surface area contributed by atoms with Crippen LogP contribution in [-0.4, -0.2) is 53.4 Å². The Balaban J connectivity index is 1.75. The average Bonchev–Trinajstić information content (AvgIpc) is 2.91. The number of hydrogen-bond acceptors (Lipinski definition) is 3. The summed E-state index contributed by atoms with van der Waals surface area (Å²) in [5.74, 6) is 0.688. The first-order valence-electron chi connectivity index (χ1n) is 11.1. The molecule has 0 saturated carbocycles. The van der Waals surface area contributed by atoms with Gasteiger partial charge in [0.05, 0.1) is 11.7 Å². The molecule has 4 nitrogen and oxygen atoms in total. The molecule has 30 heavy (non-hydrogen) atoms. The quantitative estimate of drug-likeness (QED) is 0.724. The summed E-state index contributed by atoms with van der Waals surface area (Å²) in [5.41, 5.74) is 5.03. The van der Waals surface area contributed by atoms with Crippen LogP contribution in [0.15, 0.2) is 36.5 Å². The number of aryl methyl sites for hydroxylation is 2. The van der Waals surface area contributed by atoms with E-state index in [2.05, 4.69) is 44.0 Å². The molecule has 0 N–H and O–H groups in total. The Morgan fingerprint density at radius 2 is 1.93 bits per heavy atom. The largest absolute Gasteiger partial charge is 0.342 e. The SMILES string of the molecule is CC(C)N(C)C(=O)[C@H]1CC([C@H]2c3ncccc3CCc3cccc(Cl)c32)CCN1C. The number of likely N-dealkylation sites (N-methyl/N-ethyl adjacent to an activating group) is 2. The minimum absolute atomic E-state index is 0.0995. The predicted octanol–water partition coefficient (Wildman–Crippen LogP) is 4.54. The van der Waals surface area contributed by atoms with Crippen LogP contribution < -0.4 is 0 Å². The minimum Gasteiger partial charge on any atom is -0.342 e. The normalized spacial score (nSPS) is 24.1. The van der Waals surface area contributed by atoms with Crippen molar-refractivity contribution in [2.75, 3.05) is 20.6 Å². The maximum atomic E-state index is 13.2. The molecule has 1 fully saturated rings. The molecule has 1 aliphatic carbocycles. The lowest BCUT2D eigenvalue weighted by Crippen LogP contribution is -2.52. The number of carbonyl (C=O) groups excluding carboxylic acids is 1. The van der Waals surface area contributed by atoms with Gasteiger partial charge in [0.2, 0.25) is 5.91 Å². The number of carbonyl (C=O) groups is 1. The van der Waals surface area contributed by atoms with Crippen LogP contribution in [0.1, 0.15) is 55.0 Å². The van der Waals surface area contributed by atoms with Crippen LogP contribution in [0, 0.1) is 5.92 Å². The molecule has 1 aromatic heterocycles. The molecule has 5 heteroatoms. The van der Waals surface area contributed by atoms with Crippen molar-refractivity contribution < 1.29 is 4.79 Å². The van der Waals surface area contributed by atoms with Crippen LogP contribution in [0.2, 0.25) is 5.02 Å². The maximum absolute atomic E-state index is 13.2. The first kappa shape index (κ1) is 21.3. The third-order valence-corrected chi connectivity index (χ3v) is 7.46. The van der Waals surface area contributed by atoms with Gasteiger partial charge in [0.1, 0.15) is 0 Å². The van der Waals surface area contributed by atoms with Crippen molar-refractivity contribution in [3.63, 3.8) is 0 Å². The number of nitrogens with zero attached hydrogens (tertiary/aromatic N) is 3. The van der Waals surface area contributed by atoms with E-state index < -0.39 is 0 Å². The van der Waals surface area contributed by atoms with E-state index in [9.17, 15) is 4.79 Å². The van der Waals surface area contributed by atoms with Crippen LogP contribution in [0.4, 0.5) is 0 Å². The van der Waals surface area contributed by atoms with E-state index in [1.807, 2.05) is 30.3 Å². The van der Waals surface area contributed by atoms with Gasteiger partial charge in [-0.2, -0.15) is 0 Å².